The maximum Gasteiger partial charge on any atom is 0.255 e. The van der Waals surface area contributed by atoms with Gasteiger partial charge in [0.05, 0.1) is 12.7 Å². The molecule has 1 fully saturated rings. The van der Waals surface area contributed by atoms with E-state index in [2.05, 4.69) is 14.8 Å². The molecule has 0 N–H and O–H groups in total. The molecule has 30 heavy (non-hydrogen) atoms. The molecule has 0 spiro atoms. The summed E-state index contributed by atoms with van der Waals surface area (Å²) in [5.41, 5.74) is 3.89. The molecule has 4 rings (SSSR count). The molecule has 2 aromatic heterocycles. The van der Waals surface area contributed by atoms with Crippen LogP contribution in [0, 0.1) is 12.8 Å². The van der Waals surface area contributed by atoms with Crippen LogP contribution in [0.15, 0.2) is 36.7 Å². The van der Waals surface area contributed by atoms with Gasteiger partial charge in [-0.3, -0.25) is 4.79 Å². The predicted molar refractivity (Wildman–Crippen MR) is 115 cm³/mol. The van der Waals surface area contributed by atoms with E-state index in [0.29, 0.717) is 5.92 Å². The van der Waals surface area contributed by atoms with Crippen molar-refractivity contribution in [3.63, 3.8) is 0 Å². The fourth-order valence-electron chi connectivity index (χ4n) is 4.22. The highest BCUT2D eigenvalue weighted by Gasteiger charge is 2.27. The van der Waals surface area contributed by atoms with Crippen molar-refractivity contribution >= 4 is 5.91 Å². The molecule has 1 aromatic carbocycles. The quantitative estimate of drug-likeness (QED) is 0.651. The molecule has 1 amide bonds. The number of carbonyl (C=O) groups excluding carboxylic acids is 1. The van der Waals surface area contributed by atoms with E-state index < -0.39 is 0 Å². The molecule has 0 bridgehead atoms. The van der Waals surface area contributed by atoms with Crippen LogP contribution in [0.1, 0.15) is 34.7 Å². The van der Waals surface area contributed by atoms with Crippen LogP contribution < -0.4 is 4.74 Å². The Bertz CT molecular complexity index is 1030. The topological polar surface area (TPSA) is 65.2 Å². The molecule has 7 nitrogen and oxygen atoms in total. The van der Waals surface area contributed by atoms with Crippen molar-refractivity contribution in [2.75, 3.05) is 20.2 Å². The number of methoxy groups -OCH3 is 1. The molecule has 0 unspecified atom stereocenters. The van der Waals surface area contributed by atoms with Crippen molar-refractivity contribution in [1.82, 2.24) is 24.2 Å². The van der Waals surface area contributed by atoms with Gasteiger partial charge >= 0.3 is 0 Å². The summed E-state index contributed by atoms with van der Waals surface area (Å²) in [5.74, 6) is 2.51. The second kappa shape index (κ2) is 8.34. The third-order valence-electron chi connectivity index (χ3n) is 6.33. The first-order valence-corrected chi connectivity index (χ1v) is 10.4. The average molecular weight is 408 g/mol. The minimum Gasteiger partial charge on any atom is -0.497 e. The summed E-state index contributed by atoms with van der Waals surface area (Å²) in [5, 5.41) is 8.16. The average Bonchev–Trinajstić information content (AvgIpc) is 3.31. The van der Waals surface area contributed by atoms with Crippen molar-refractivity contribution in [2.45, 2.75) is 26.2 Å². The van der Waals surface area contributed by atoms with E-state index >= 15 is 0 Å². The maximum absolute atomic E-state index is 13.3. The first-order chi connectivity index (χ1) is 14.5. The number of benzene rings is 1. The molecule has 0 saturated carbocycles. The van der Waals surface area contributed by atoms with Gasteiger partial charge in [-0.25, -0.2) is 0 Å². The normalized spacial score (nSPS) is 14.9. The number of piperidine rings is 1. The smallest absolute Gasteiger partial charge is 0.255 e. The van der Waals surface area contributed by atoms with E-state index in [1.807, 2.05) is 60.8 Å². The van der Waals surface area contributed by atoms with Crippen LogP contribution in [0.5, 0.6) is 5.75 Å². The lowest BCUT2D eigenvalue weighted by atomic mass is 9.93. The van der Waals surface area contributed by atoms with E-state index in [1.165, 1.54) is 0 Å². The number of rotatable bonds is 5. The fraction of sp³-hybridized carbons (Fsp3) is 0.435. The van der Waals surface area contributed by atoms with Gasteiger partial charge in [0.15, 0.2) is 0 Å². The Morgan fingerprint density at radius 1 is 1.17 bits per heavy atom. The highest BCUT2D eigenvalue weighted by Crippen LogP contribution is 2.29. The van der Waals surface area contributed by atoms with Crippen LogP contribution in [0.2, 0.25) is 0 Å². The van der Waals surface area contributed by atoms with Gasteiger partial charge in [0.25, 0.3) is 5.91 Å². The molecule has 158 valence electrons. The summed E-state index contributed by atoms with van der Waals surface area (Å²) in [7, 11) is 5.65. The maximum atomic E-state index is 13.3. The largest absolute Gasteiger partial charge is 0.497 e. The van der Waals surface area contributed by atoms with Gasteiger partial charge in [-0.1, -0.05) is 0 Å². The van der Waals surface area contributed by atoms with Gasteiger partial charge < -0.3 is 18.8 Å². The Morgan fingerprint density at radius 2 is 1.87 bits per heavy atom. The van der Waals surface area contributed by atoms with Gasteiger partial charge in [-0.15, -0.1) is 10.2 Å². The number of carbonyl (C=O) groups is 1. The number of hydrogen-bond acceptors (Lipinski definition) is 4. The number of aryl methyl sites for hydroxylation is 1. The molecular formula is C23H29N5O2. The lowest BCUT2D eigenvalue weighted by Gasteiger charge is -2.31. The van der Waals surface area contributed by atoms with Crippen molar-refractivity contribution < 1.29 is 9.53 Å². The van der Waals surface area contributed by atoms with Crippen LogP contribution >= 0.6 is 0 Å². The number of aromatic nitrogens is 4. The molecule has 0 aliphatic carbocycles. The van der Waals surface area contributed by atoms with Gasteiger partial charge in [0, 0.05) is 45.0 Å². The van der Waals surface area contributed by atoms with Crippen molar-refractivity contribution in [3.05, 3.63) is 53.7 Å². The van der Waals surface area contributed by atoms with E-state index in [1.54, 1.807) is 13.4 Å². The van der Waals surface area contributed by atoms with Crippen LogP contribution in [0.3, 0.4) is 0 Å². The van der Waals surface area contributed by atoms with E-state index in [0.717, 1.165) is 66.4 Å². The molecule has 1 saturated heterocycles. The Hall–Kier alpha value is -3.09. The SMILES string of the molecule is COc1ccc(-c2cc(C(=O)N3CCC(Cc4nncn4C)CC3)c(C)n2C)cc1. The van der Waals surface area contributed by atoms with Crippen molar-refractivity contribution in [3.8, 4) is 17.0 Å². The van der Waals surface area contributed by atoms with Crippen LogP contribution in [0.4, 0.5) is 0 Å². The predicted octanol–water partition coefficient (Wildman–Crippen LogP) is 3.23. The Labute approximate surface area is 177 Å². The first kappa shape index (κ1) is 20.2. The van der Waals surface area contributed by atoms with Crippen molar-refractivity contribution in [1.29, 1.82) is 0 Å². The minimum atomic E-state index is 0.125. The zero-order valence-electron chi connectivity index (χ0n) is 18.1. The lowest BCUT2D eigenvalue weighted by molar-refractivity contribution is 0.0688. The van der Waals surface area contributed by atoms with Gasteiger partial charge in [0.1, 0.15) is 17.9 Å². The zero-order chi connectivity index (χ0) is 21.3. The number of likely N-dealkylation sites (tertiary alicyclic amines) is 1. The standard InChI is InChI=1S/C23H29N5O2/c1-16-20(14-21(27(16)3)18-5-7-19(30-4)8-6-18)23(29)28-11-9-17(10-12-28)13-22-25-24-15-26(22)2/h5-8,14-15,17H,9-13H2,1-4H3. The molecule has 7 heteroatoms. The third kappa shape index (κ3) is 3.84. The summed E-state index contributed by atoms with van der Waals surface area (Å²) in [4.78, 5) is 15.3. The molecular weight excluding hydrogens is 378 g/mol. The Kier molecular flexibility index (Phi) is 5.61. The fourth-order valence-corrected chi connectivity index (χ4v) is 4.22. The Morgan fingerprint density at radius 3 is 2.47 bits per heavy atom. The molecule has 0 radical (unpaired) electrons. The molecule has 3 heterocycles. The summed E-state index contributed by atoms with van der Waals surface area (Å²) in [6.07, 6.45) is 4.66. The van der Waals surface area contributed by atoms with Crippen LogP contribution in [-0.2, 0) is 20.5 Å². The lowest BCUT2D eigenvalue weighted by Crippen LogP contribution is -2.39. The van der Waals surface area contributed by atoms with Gasteiger partial charge in [-0.05, 0) is 61.6 Å². The van der Waals surface area contributed by atoms with E-state index in [-0.39, 0.29) is 5.91 Å². The highest BCUT2D eigenvalue weighted by molar-refractivity contribution is 5.97. The number of nitrogens with zero attached hydrogens (tertiary/aromatic N) is 5. The molecule has 3 aromatic rings. The summed E-state index contributed by atoms with van der Waals surface area (Å²) < 4.78 is 9.32. The molecule has 0 atom stereocenters. The number of ether oxygens (including phenoxy) is 1. The summed E-state index contributed by atoms with van der Waals surface area (Å²) in [6, 6.07) is 9.97. The molecule has 1 aliphatic heterocycles. The van der Waals surface area contributed by atoms with Crippen molar-refractivity contribution in [2.24, 2.45) is 20.0 Å². The third-order valence-corrected chi connectivity index (χ3v) is 6.33. The van der Waals surface area contributed by atoms with Crippen LogP contribution in [0.25, 0.3) is 11.3 Å². The highest BCUT2D eigenvalue weighted by atomic mass is 16.5. The van der Waals surface area contributed by atoms with E-state index in [9.17, 15) is 4.79 Å². The summed E-state index contributed by atoms with van der Waals surface area (Å²) >= 11 is 0. The summed E-state index contributed by atoms with van der Waals surface area (Å²) in [6.45, 7) is 3.59. The second-order valence-corrected chi connectivity index (χ2v) is 8.11. The second-order valence-electron chi connectivity index (χ2n) is 8.11. The zero-order valence-corrected chi connectivity index (χ0v) is 18.1. The number of hydrogen-bond donors (Lipinski definition) is 0. The van der Waals surface area contributed by atoms with Crippen LogP contribution in [-0.4, -0.2) is 50.3 Å². The molecule has 1 aliphatic rings. The minimum absolute atomic E-state index is 0.125. The first-order valence-electron chi connectivity index (χ1n) is 10.4. The Balaban J connectivity index is 1.45. The monoisotopic (exact) mass is 407 g/mol. The van der Waals surface area contributed by atoms with E-state index in [4.69, 9.17) is 4.74 Å². The van der Waals surface area contributed by atoms with Gasteiger partial charge in [-0.2, -0.15) is 0 Å². The van der Waals surface area contributed by atoms with Gasteiger partial charge in [0.2, 0.25) is 0 Å². The number of amides is 1.